The number of carbonyl (C=O) groups excluding carboxylic acids is 2. The van der Waals surface area contributed by atoms with Crippen molar-refractivity contribution in [3.63, 3.8) is 0 Å². The number of unbranched alkanes of at least 4 members (excludes halogenated alkanes) is 64. The number of hydrogen-bond acceptors (Lipinski definition) is 7. The van der Waals surface area contributed by atoms with Crippen LogP contribution in [0.1, 0.15) is 463 Å². The highest BCUT2D eigenvalue weighted by atomic mass is 31.2. The van der Waals surface area contributed by atoms with E-state index in [-0.39, 0.29) is 25.6 Å². The van der Waals surface area contributed by atoms with Crippen LogP contribution >= 0.6 is 7.82 Å². The lowest BCUT2D eigenvalue weighted by molar-refractivity contribution is -0.870. The SMILES string of the molecule is CCCCCCCCCC/C=C\CCCCCCCCCCCCCCCCCCCCCCCCCCCCCC(=O)OC(COC(=O)CCCCCCCCCCCCCCCCCCCCCCC/C=C\CCCCCCCCCC)COP(=O)(O)OCC[N+](C)(C)C. The van der Waals surface area contributed by atoms with Crippen molar-refractivity contribution >= 4 is 19.8 Å². The predicted octanol–water partition coefficient (Wildman–Crippen LogP) is 28.7. The van der Waals surface area contributed by atoms with E-state index in [9.17, 15) is 19.0 Å². The molecule has 0 radical (unpaired) electrons. The molecule has 0 heterocycles. The van der Waals surface area contributed by atoms with Crippen LogP contribution < -0.4 is 0 Å². The molecule has 2 unspecified atom stereocenters. The number of nitrogens with zero attached hydrogens (tertiary/aromatic N) is 1. The van der Waals surface area contributed by atoms with Crippen LogP contribution in [0.2, 0.25) is 0 Å². The quantitative estimate of drug-likeness (QED) is 0.0211. The van der Waals surface area contributed by atoms with Gasteiger partial charge in [0.1, 0.15) is 19.8 Å². The van der Waals surface area contributed by atoms with Crippen molar-refractivity contribution in [3.05, 3.63) is 24.3 Å². The molecule has 0 aromatic rings. The van der Waals surface area contributed by atoms with Crippen molar-refractivity contribution in [1.82, 2.24) is 0 Å². The minimum Gasteiger partial charge on any atom is -0.462 e. The van der Waals surface area contributed by atoms with E-state index in [2.05, 4.69) is 38.2 Å². The van der Waals surface area contributed by atoms with Crippen LogP contribution in [0, 0.1) is 0 Å². The average Bonchev–Trinajstić information content (AvgIpc) is 1.98. The molecule has 0 bridgehead atoms. The maximum absolute atomic E-state index is 12.9. The van der Waals surface area contributed by atoms with Gasteiger partial charge in [-0.1, -0.05) is 411 Å². The van der Waals surface area contributed by atoms with Gasteiger partial charge in [0.15, 0.2) is 6.10 Å². The third-order valence-corrected chi connectivity index (χ3v) is 20.9. The molecule has 0 spiro atoms. The van der Waals surface area contributed by atoms with Crippen LogP contribution in [-0.4, -0.2) is 74.9 Å². The zero-order valence-corrected chi connectivity index (χ0v) is 66.3. The van der Waals surface area contributed by atoms with Crippen molar-refractivity contribution in [2.24, 2.45) is 0 Å². The fourth-order valence-corrected chi connectivity index (χ4v) is 14.1. The van der Waals surface area contributed by atoms with Crippen LogP contribution in [0.5, 0.6) is 0 Å². The van der Waals surface area contributed by atoms with E-state index in [4.69, 9.17) is 18.5 Å². The molecule has 0 saturated heterocycles. The molecule has 0 aromatic carbocycles. The maximum Gasteiger partial charge on any atom is 0.472 e. The second kappa shape index (κ2) is 77.6. The highest BCUT2D eigenvalue weighted by molar-refractivity contribution is 7.47. The molecular weight excluding hydrogens is 1210 g/mol. The molecule has 0 rings (SSSR count). The van der Waals surface area contributed by atoms with Crippen molar-refractivity contribution in [3.8, 4) is 0 Å². The zero-order valence-electron chi connectivity index (χ0n) is 65.4. The number of carbonyl (C=O) groups is 2. The van der Waals surface area contributed by atoms with E-state index in [0.717, 1.165) is 38.5 Å². The summed E-state index contributed by atoms with van der Waals surface area (Å²) in [5.74, 6) is -0.767. The Bertz CT molecular complexity index is 1660. The normalized spacial score (nSPS) is 13.0. The lowest BCUT2D eigenvalue weighted by Gasteiger charge is -2.24. The lowest BCUT2D eigenvalue weighted by atomic mass is 10.0. The standard InChI is InChI=1S/C86H168NO8P/c1-6-8-10-12-14-16-18-20-22-24-26-28-30-32-34-36-38-40-41-42-43-44-45-47-49-51-53-55-57-59-61-63-65-67-69-71-73-75-77-79-86(89)95-84(83-94-96(90,91)93-81-80-87(3,4)5)82-92-85(88)78-76-74-72-70-68-66-64-62-60-58-56-54-52-50-48-46-39-37-35-33-31-29-27-25-23-21-19-17-15-13-11-9-7-2/h24-27,84H,6-23,28-83H2,1-5H3/p+1/b26-24-,27-25-. The third-order valence-electron chi connectivity index (χ3n) is 20.0. The van der Waals surface area contributed by atoms with Crippen molar-refractivity contribution in [2.45, 2.75) is 469 Å². The summed E-state index contributed by atoms with van der Waals surface area (Å²) < 4.78 is 34.9. The Morgan fingerprint density at radius 3 is 0.771 bits per heavy atom. The third kappa shape index (κ3) is 81.5. The molecule has 10 heteroatoms. The number of hydrogen-bond donors (Lipinski definition) is 1. The molecule has 0 aliphatic rings. The fourth-order valence-electron chi connectivity index (χ4n) is 13.4. The van der Waals surface area contributed by atoms with Gasteiger partial charge >= 0.3 is 19.8 Å². The Labute approximate surface area is 599 Å². The molecule has 2 atom stereocenters. The van der Waals surface area contributed by atoms with E-state index < -0.39 is 26.5 Å². The summed E-state index contributed by atoms with van der Waals surface area (Å²) in [5, 5.41) is 0. The predicted molar refractivity (Wildman–Crippen MR) is 418 cm³/mol. The van der Waals surface area contributed by atoms with Gasteiger partial charge in [-0.05, 0) is 64.2 Å². The monoisotopic (exact) mass is 1380 g/mol. The summed E-state index contributed by atoms with van der Waals surface area (Å²) >= 11 is 0. The number of rotatable bonds is 82. The van der Waals surface area contributed by atoms with Gasteiger partial charge in [-0.25, -0.2) is 4.57 Å². The number of phosphoric acid groups is 1. The van der Waals surface area contributed by atoms with Crippen LogP contribution in [0.3, 0.4) is 0 Å². The molecule has 0 aliphatic carbocycles. The molecule has 0 aliphatic heterocycles. The molecule has 1 N–H and O–H groups in total. The molecule has 0 amide bonds. The number of likely N-dealkylation sites (N-methyl/N-ethyl adjacent to an activating group) is 1. The summed E-state index contributed by atoms with van der Waals surface area (Å²) in [6.45, 7) is 4.53. The first kappa shape index (κ1) is 94.5. The van der Waals surface area contributed by atoms with E-state index in [1.165, 1.54) is 398 Å². The largest absolute Gasteiger partial charge is 0.472 e. The number of esters is 2. The van der Waals surface area contributed by atoms with Crippen molar-refractivity contribution < 1.29 is 42.1 Å². The van der Waals surface area contributed by atoms with Gasteiger partial charge in [0.2, 0.25) is 0 Å². The minimum absolute atomic E-state index is 0.0364. The number of quaternary nitrogens is 1. The van der Waals surface area contributed by atoms with E-state index in [1.807, 2.05) is 21.1 Å². The summed E-state index contributed by atoms with van der Waals surface area (Å²) in [5.41, 5.74) is 0. The Morgan fingerprint density at radius 1 is 0.312 bits per heavy atom. The summed E-state index contributed by atoms with van der Waals surface area (Å²) in [7, 11) is 1.51. The highest BCUT2D eigenvalue weighted by Crippen LogP contribution is 2.43. The van der Waals surface area contributed by atoms with Crippen LogP contribution in [0.15, 0.2) is 24.3 Å². The van der Waals surface area contributed by atoms with Gasteiger partial charge in [-0.2, -0.15) is 0 Å². The van der Waals surface area contributed by atoms with Gasteiger partial charge in [0.25, 0.3) is 0 Å². The van der Waals surface area contributed by atoms with Gasteiger partial charge in [0.05, 0.1) is 27.7 Å². The zero-order chi connectivity index (χ0) is 69.7. The van der Waals surface area contributed by atoms with Crippen molar-refractivity contribution in [2.75, 3.05) is 47.5 Å². The lowest BCUT2D eigenvalue weighted by Crippen LogP contribution is -2.37. The second-order valence-corrected chi connectivity index (χ2v) is 32.4. The minimum atomic E-state index is -4.39. The van der Waals surface area contributed by atoms with Gasteiger partial charge in [-0.15, -0.1) is 0 Å². The smallest absolute Gasteiger partial charge is 0.462 e. The summed E-state index contributed by atoms with van der Waals surface area (Å²) in [6.07, 6.45) is 101. The topological polar surface area (TPSA) is 108 Å². The van der Waals surface area contributed by atoms with Crippen LogP contribution in [0.4, 0.5) is 0 Å². The number of ether oxygens (including phenoxy) is 2. The van der Waals surface area contributed by atoms with E-state index in [1.54, 1.807) is 0 Å². The Morgan fingerprint density at radius 2 is 0.531 bits per heavy atom. The second-order valence-electron chi connectivity index (χ2n) is 30.9. The van der Waals surface area contributed by atoms with Crippen LogP contribution in [-0.2, 0) is 32.7 Å². The molecule has 570 valence electrons. The summed E-state index contributed by atoms with van der Waals surface area (Å²) in [6, 6.07) is 0. The molecule has 0 fully saturated rings. The molecule has 0 aromatic heterocycles. The summed E-state index contributed by atoms with van der Waals surface area (Å²) in [4.78, 5) is 36.0. The Hall–Kier alpha value is -1.51. The Kier molecular flexibility index (Phi) is 76.4. The van der Waals surface area contributed by atoms with Crippen molar-refractivity contribution in [1.29, 1.82) is 0 Å². The first-order valence-corrected chi connectivity index (χ1v) is 44.6. The average molecular weight is 1380 g/mol. The molecular formula is C86H169NO8P+. The molecule has 9 nitrogen and oxygen atoms in total. The first-order chi connectivity index (χ1) is 47.0. The highest BCUT2D eigenvalue weighted by Gasteiger charge is 2.27. The fraction of sp³-hybridized carbons (Fsp3) is 0.930. The number of allylic oxidation sites excluding steroid dienone is 4. The maximum atomic E-state index is 12.9. The number of phosphoric ester groups is 1. The van der Waals surface area contributed by atoms with Gasteiger partial charge in [0, 0.05) is 12.8 Å². The van der Waals surface area contributed by atoms with Crippen LogP contribution in [0.25, 0.3) is 0 Å². The van der Waals surface area contributed by atoms with Gasteiger partial charge in [-0.3, -0.25) is 18.6 Å². The molecule has 96 heavy (non-hydrogen) atoms. The first-order valence-electron chi connectivity index (χ1n) is 43.1. The Balaban J connectivity index is 3.85. The van der Waals surface area contributed by atoms with E-state index in [0.29, 0.717) is 17.4 Å². The molecule has 0 saturated carbocycles. The van der Waals surface area contributed by atoms with E-state index >= 15 is 0 Å². The van der Waals surface area contributed by atoms with Gasteiger partial charge < -0.3 is 18.9 Å².